The van der Waals surface area contributed by atoms with Gasteiger partial charge in [0.25, 0.3) is 5.56 Å². The molecule has 0 radical (unpaired) electrons. The van der Waals surface area contributed by atoms with Crippen molar-refractivity contribution >= 4 is 10.8 Å². The fourth-order valence-electron chi connectivity index (χ4n) is 3.52. The summed E-state index contributed by atoms with van der Waals surface area (Å²) in [5, 5.41) is 10.1. The van der Waals surface area contributed by atoms with E-state index in [4.69, 9.17) is 9.26 Å². The molecular formula is C21H18N4O3. The fraction of sp³-hybridized carbons (Fsp3) is 0.238. The van der Waals surface area contributed by atoms with Crippen molar-refractivity contribution in [3.05, 3.63) is 76.7 Å². The Morgan fingerprint density at radius 2 is 1.82 bits per heavy atom. The molecule has 0 saturated carbocycles. The molecule has 1 aliphatic rings. The first-order chi connectivity index (χ1) is 13.8. The standard InChI is InChI=1S/C21H18N4O3/c26-21-17-9-5-4-8-16(17)19(14-6-2-1-3-7-14)23-25(21)12-18-22-20(24-28-18)15-10-11-27-13-15/h1-9,15H,10-13H2. The molecule has 7 nitrogen and oxygen atoms in total. The number of rotatable bonds is 4. The van der Waals surface area contributed by atoms with Crippen molar-refractivity contribution in [3.8, 4) is 11.3 Å². The van der Waals surface area contributed by atoms with Crippen LogP contribution in [-0.4, -0.2) is 33.1 Å². The lowest BCUT2D eigenvalue weighted by Gasteiger charge is -2.10. The van der Waals surface area contributed by atoms with E-state index in [1.54, 1.807) is 0 Å². The van der Waals surface area contributed by atoms with Gasteiger partial charge in [-0.3, -0.25) is 4.79 Å². The van der Waals surface area contributed by atoms with Crippen LogP contribution in [0.15, 0.2) is 63.9 Å². The van der Waals surface area contributed by atoms with Crippen LogP contribution in [0.5, 0.6) is 0 Å². The molecule has 0 N–H and O–H groups in total. The Bertz CT molecular complexity index is 1180. The first-order valence-corrected chi connectivity index (χ1v) is 9.25. The molecule has 0 bridgehead atoms. The summed E-state index contributed by atoms with van der Waals surface area (Å²) in [6, 6.07) is 17.3. The van der Waals surface area contributed by atoms with Gasteiger partial charge < -0.3 is 9.26 Å². The Balaban J connectivity index is 1.58. The summed E-state index contributed by atoms with van der Waals surface area (Å²) in [5.41, 5.74) is 1.51. The summed E-state index contributed by atoms with van der Waals surface area (Å²) in [5.74, 6) is 1.15. The lowest BCUT2D eigenvalue weighted by atomic mass is 10.1. The predicted octanol–water partition coefficient (Wildman–Crippen LogP) is 3.00. The zero-order chi connectivity index (χ0) is 18.9. The molecule has 0 aliphatic carbocycles. The minimum atomic E-state index is -0.181. The maximum atomic E-state index is 13.0. The Morgan fingerprint density at radius 3 is 2.61 bits per heavy atom. The van der Waals surface area contributed by atoms with Gasteiger partial charge in [0.2, 0.25) is 5.89 Å². The van der Waals surface area contributed by atoms with Gasteiger partial charge in [-0.2, -0.15) is 10.1 Å². The van der Waals surface area contributed by atoms with Gasteiger partial charge in [-0.05, 0) is 12.5 Å². The van der Waals surface area contributed by atoms with Crippen molar-refractivity contribution in [2.45, 2.75) is 18.9 Å². The highest BCUT2D eigenvalue weighted by Gasteiger charge is 2.23. The van der Waals surface area contributed by atoms with Crippen molar-refractivity contribution in [3.63, 3.8) is 0 Å². The molecule has 1 atom stereocenters. The molecule has 1 aliphatic heterocycles. The van der Waals surface area contributed by atoms with E-state index in [1.807, 2.05) is 54.6 Å². The molecule has 4 aromatic rings. The molecule has 1 fully saturated rings. The second-order valence-electron chi connectivity index (χ2n) is 6.83. The zero-order valence-electron chi connectivity index (χ0n) is 15.1. The average Bonchev–Trinajstić information content (AvgIpc) is 3.43. The number of hydrogen-bond donors (Lipinski definition) is 0. The second kappa shape index (κ2) is 7.01. The van der Waals surface area contributed by atoms with E-state index in [0.717, 1.165) is 23.1 Å². The van der Waals surface area contributed by atoms with Crippen LogP contribution in [0.25, 0.3) is 22.0 Å². The molecule has 5 rings (SSSR count). The van der Waals surface area contributed by atoms with E-state index in [2.05, 4.69) is 15.2 Å². The minimum Gasteiger partial charge on any atom is -0.381 e. The van der Waals surface area contributed by atoms with Crippen LogP contribution in [0.3, 0.4) is 0 Å². The molecule has 2 aromatic heterocycles. The third-order valence-corrected chi connectivity index (χ3v) is 4.98. The molecule has 0 spiro atoms. The van der Waals surface area contributed by atoms with Gasteiger partial charge in [-0.25, -0.2) is 4.68 Å². The lowest BCUT2D eigenvalue weighted by molar-refractivity contribution is 0.192. The van der Waals surface area contributed by atoms with Gasteiger partial charge in [-0.1, -0.05) is 53.7 Å². The topological polar surface area (TPSA) is 83.0 Å². The summed E-state index contributed by atoms with van der Waals surface area (Å²) >= 11 is 0. The Morgan fingerprint density at radius 1 is 1.04 bits per heavy atom. The third kappa shape index (κ3) is 2.99. The Labute approximate surface area is 160 Å². The van der Waals surface area contributed by atoms with Gasteiger partial charge in [0, 0.05) is 23.5 Å². The van der Waals surface area contributed by atoms with Gasteiger partial charge in [0.1, 0.15) is 6.54 Å². The van der Waals surface area contributed by atoms with Crippen LogP contribution >= 0.6 is 0 Å². The van der Waals surface area contributed by atoms with Crippen molar-refractivity contribution in [1.29, 1.82) is 0 Å². The predicted molar refractivity (Wildman–Crippen MR) is 103 cm³/mol. The SMILES string of the molecule is O=c1c2ccccc2c(-c2ccccc2)nn1Cc1nc(C2CCOC2)no1. The molecule has 3 heterocycles. The van der Waals surface area contributed by atoms with Crippen molar-refractivity contribution in [2.75, 3.05) is 13.2 Å². The highest BCUT2D eigenvalue weighted by molar-refractivity contribution is 5.93. The molecule has 140 valence electrons. The van der Waals surface area contributed by atoms with Gasteiger partial charge in [-0.15, -0.1) is 0 Å². The van der Waals surface area contributed by atoms with Crippen LogP contribution in [0.4, 0.5) is 0 Å². The van der Waals surface area contributed by atoms with Crippen LogP contribution in [0.2, 0.25) is 0 Å². The van der Waals surface area contributed by atoms with Crippen LogP contribution in [0, 0.1) is 0 Å². The normalized spacial score (nSPS) is 16.6. The van der Waals surface area contributed by atoms with E-state index in [-0.39, 0.29) is 18.0 Å². The van der Waals surface area contributed by atoms with Crippen molar-refractivity contribution in [2.24, 2.45) is 0 Å². The van der Waals surface area contributed by atoms with E-state index in [9.17, 15) is 4.79 Å². The quantitative estimate of drug-likeness (QED) is 0.546. The fourth-order valence-corrected chi connectivity index (χ4v) is 3.52. The molecule has 0 amide bonds. The summed E-state index contributed by atoms with van der Waals surface area (Å²) in [7, 11) is 0. The minimum absolute atomic E-state index is 0.129. The summed E-state index contributed by atoms with van der Waals surface area (Å²) < 4.78 is 12.2. The lowest BCUT2D eigenvalue weighted by Crippen LogP contribution is -2.24. The number of ether oxygens (including phenoxy) is 1. The van der Waals surface area contributed by atoms with Crippen molar-refractivity contribution < 1.29 is 9.26 Å². The van der Waals surface area contributed by atoms with E-state index >= 15 is 0 Å². The first kappa shape index (κ1) is 16.8. The van der Waals surface area contributed by atoms with E-state index in [1.165, 1.54) is 4.68 Å². The number of aromatic nitrogens is 4. The van der Waals surface area contributed by atoms with Crippen LogP contribution in [0.1, 0.15) is 24.1 Å². The van der Waals surface area contributed by atoms with Gasteiger partial charge in [0.05, 0.1) is 17.7 Å². The highest BCUT2D eigenvalue weighted by Crippen LogP contribution is 2.25. The van der Waals surface area contributed by atoms with Crippen molar-refractivity contribution in [1.82, 2.24) is 19.9 Å². The molecule has 1 unspecified atom stereocenters. The summed E-state index contributed by atoms with van der Waals surface area (Å²) in [6.45, 7) is 1.44. The zero-order valence-corrected chi connectivity index (χ0v) is 15.1. The smallest absolute Gasteiger partial charge is 0.275 e. The monoisotopic (exact) mass is 374 g/mol. The largest absolute Gasteiger partial charge is 0.381 e. The van der Waals surface area contributed by atoms with E-state index < -0.39 is 0 Å². The van der Waals surface area contributed by atoms with Gasteiger partial charge >= 0.3 is 0 Å². The maximum Gasteiger partial charge on any atom is 0.275 e. The average molecular weight is 374 g/mol. The number of hydrogen-bond acceptors (Lipinski definition) is 6. The first-order valence-electron chi connectivity index (χ1n) is 9.25. The van der Waals surface area contributed by atoms with Crippen LogP contribution in [-0.2, 0) is 11.3 Å². The second-order valence-corrected chi connectivity index (χ2v) is 6.83. The third-order valence-electron chi connectivity index (χ3n) is 4.98. The number of benzene rings is 2. The summed E-state index contributed by atoms with van der Waals surface area (Å²) in [4.78, 5) is 17.4. The molecular weight excluding hydrogens is 356 g/mol. The van der Waals surface area contributed by atoms with Crippen LogP contribution < -0.4 is 5.56 Å². The number of nitrogens with zero attached hydrogens (tertiary/aromatic N) is 4. The molecule has 2 aromatic carbocycles. The Kier molecular flexibility index (Phi) is 4.21. The Hall–Kier alpha value is -3.32. The van der Waals surface area contributed by atoms with E-state index in [0.29, 0.717) is 30.3 Å². The molecule has 28 heavy (non-hydrogen) atoms. The molecule has 7 heteroatoms. The van der Waals surface area contributed by atoms with Gasteiger partial charge in [0.15, 0.2) is 5.82 Å². The highest BCUT2D eigenvalue weighted by atomic mass is 16.5. The maximum absolute atomic E-state index is 13.0. The number of fused-ring (bicyclic) bond motifs is 1. The molecule has 1 saturated heterocycles. The summed E-state index contributed by atoms with van der Waals surface area (Å²) in [6.07, 6.45) is 0.880.